The molecule has 11 heteroatoms. The van der Waals surface area contributed by atoms with Crippen LogP contribution in [0, 0.1) is 6.92 Å². The number of ether oxygens (including phenoxy) is 1. The van der Waals surface area contributed by atoms with Gasteiger partial charge >= 0.3 is 5.97 Å². The topological polar surface area (TPSA) is 116 Å². The molecule has 0 spiro atoms. The highest BCUT2D eigenvalue weighted by Gasteiger charge is 2.29. The number of benzene rings is 4. The average Bonchev–Trinajstić information content (AvgIpc) is 3.23. The van der Waals surface area contributed by atoms with E-state index in [-0.39, 0.29) is 21.2 Å². The van der Waals surface area contributed by atoms with Gasteiger partial charge in [0.05, 0.1) is 26.9 Å². The maximum atomic E-state index is 13.5. The van der Waals surface area contributed by atoms with Crippen molar-refractivity contribution in [3.8, 4) is 5.69 Å². The van der Waals surface area contributed by atoms with Crippen LogP contribution in [-0.2, 0) is 21.8 Å². The number of ketones is 1. The highest BCUT2D eigenvalue weighted by atomic mass is 35.5. The van der Waals surface area contributed by atoms with Gasteiger partial charge in [-0.05, 0) is 37.3 Å². The smallest absolute Gasteiger partial charge is 0.340 e. The monoisotopic (exact) mass is 615 g/mol. The van der Waals surface area contributed by atoms with E-state index in [0.717, 1.165) is 6.07 Å². The zero-order valence-corrected chi connectivity index (χ0v) is 24.7. The van der Waals surface area contributed by atoms with Crippen LogP contribution in [-0.4, -0.2) is 29.5 Å². The second kappa shape index (κ2) is 12.1. The summed E-state index contributed by atoms with van der Waals surface area (Å²) in [7, 11) is -2.73. The number of Topliss-reactive ketones (excluding diaryl/α,β-unsaturated/α-hetero) is 1. The fourth-order valence-corrected chi connectivity index (χ4v) is 5.87. The fraction of sp³-hybridized carbons (Fsp3) is 0.0938. The molecule has 0 saturated heterocycles. The molecule has 1 aromatic heterocycles. The molecule has 0 radical (unpaired) electrons. The number of nitrogens with zero attached hydrogens (tertiary/aromatic N) is 2. The molecule has 1 N–H and O–H groups in total. The molecule has 4 aromatic carbocycles. The van der Waals surface area contributed by atoms with Crippen molar-refractivity contribution in [2.75, 3.05) is 4.72 Å². The number of halogens is 1. The lowest BCUT2D eigenvalue weighted by atomic mass is 10.00. The van der Waals surface area contributed by atoms with Crippen LogP contribution >= 0.6 is 11.6 Å². The number of para-hydroxylation sites is 1. The van der Waals surface area contributed by atoms with E-state index in [0.29, 0.717) is 22.5 Å². The summed E-state index contributed by atoms with van der Waals surface area (Å²) in [5.41, 5.74) is 0.694. The van der Waals surface area contributed by atoms with Crippen LogP contribution < -0.4 is 10.3 Å². The number of hydrogen-bond acceptors (Lipinski definition) is 6. The van der Waals surface area contributed by atoms with Crippen molar-refractivity contribution in [1.29, 1.82) is 0 Å². The van der Waals surface area contributed by atoms with E-state index < -0.39 is 33.4 Å². The van der Waals surface area contributed by atoms with Crippen LogP contribution in [0.5, 0.6) is 0 Å². The Bertz CT molecular complexity index is 1970. The first-order valence-electron chi connectivity index (χ1n) is 13.1. The molecular formula is C32H26ClN3O6S. The fourth-order valence-electron chi connectivity index (χ4n) is 4.53. The number of carbonyl (C=O) groups excluding carboxylic acids is 2. The third-order valence-corrected chi connectivity index (χ3v) is 8.56. The van der Waals surface area contributed by atoms with Gasteiger partial charge in [-0.2, -0.15) is 0 Å². The Hall–Kier alpha value is -4.93. The van der Waals surface area contributed by atoms with Crippen molar-refractivity contribution in [3.05, 3.63) is 147 Å². The van der Waals surface area contributed by atoms with Gasteiger partial charge in [-0.25, -0.2) is 17.9 Å². The first-order chi connectivity index (χ1) is 20.6. The molecule has 1 heterocycles. The van der Waals surface area contributed by atoms with Crippen molar-refractivity contribution in [2.24, 2.45) is 7.05 Å². The molecule has 1 atom stereocenters. The highest BCUT2D eigenvalue weighted by molar-refractivity contribution is 7.92. The summed E-state index contributed by atoms with van der Waals surface area (Å²) in [4.78, 5) is 39.7. The van der Waals surface area contributed by atoms with Crippen molar-refractivity contribution in [1.82, 2.24) is 9.36 Å². The third-order valence-electron chi connectivity index (χ3n) is 6.88. The minimum Gasteiger partial charge on any atom is -0.445 e. The van der Waals surface area contributed by atoms with Crippen molar-refractivity contribution < 1.29 is 22.7 Å². The zero-order valence-electron chi connectivity index (χ0n) is 23.1. The second-order valence-corrected chi connectivity index (χ2v) is 11.7. The summed E-state index contributed by atoms with van der Waals surface area (Å²) in [6, 6.07) is 29.1. The molecule has 0 aliphatic carbocycles. The number of carbonyl (C=O) groups is 2. The van der Waals surface area contributed by atoms with Gasteiger partial charge in [-0.15, -0.1) is 0 Å². The molecule has 5 aromatic rings. The van der Waals surface area contributed by atoms with Gasteiger partial charge in [0.25, 0.3) is 15.6 Å². The van der Waals surface area contributed by atoms with Gasteiger partial charge in [-0.1, -0.05) is 90.5 Å². The molecule has 5 rings (SSSR count). The normalized spacial score (nSPS) is 12.0. The van der Waals surface area contributed by atoms with Crippen LogP contribution in [0.25, 0.3) is 5.69 Å². The minimum absolute atomic E-state index is 0.0785. The Morgan fingerprint density at radius 2 is 1.44 bits per heavy atom. The van der Waals surface area contributed by atoms with E-state index in [4.69, 9.17) is 16.3 Å². The van der Waals surface area contributed by atoms with E-state index in [2.05, 4.69) is 4.72 Å². The summed E-state index contributed by atoms with van der Waals surface area (Å²) in [5.74, 6) is -1.46. The molecular weight excluding hydrogens is 590 g/mol. The van der Waals surface area contributed by atoms with Gasteiger partial charge in [0.2, 0.25) is 5.78 Å². The summed E-state index contributed by atoms with van der Waals surface area (Å²) < 4.78 is 37.8. The SMILES string of the molecule is Cc1c(NS(=O)(=O)c2ccc(Cl)c(C(=O)OC(C(=O)c3ccccc3)c3ccccc3)c2)c(=O)n(-c2ccccc2)n1C. The van der Waals surface area contributed by atoms with E-state index >= 15 is 0 Å². The number of nitrogens with one attached hydrogen (secondary N) is 1. The molecule has 0 saturated carbocycles. The highest BCUT2D eigenvalue weighted by Crippen LogP contribution is 2.28. The average molecular weight is 616 g/mol. The number of anilines is 1. The molecule has 1 unspecified atom stereocenters. The lowest BCUT2D eigenvalue weighted by Gasteiger charge is -2.18. The maximum Gasteiger partial charge on any atom is 0.340 e. The predicted molar refractivity (Wildman–Crippen MR) is 163 cm³/mol. The number of hydrogen-bond donors (Lipinski definition) is 1. The molecule has 218 valence electrons. The number of rotatable bonds is 9. The summed E-state index contributed by atoms with van der Waals surface area (Å²) in [6.45, 7) is 1.61. The lowest BCUT2D eigenvalue weighted by Crippen LogP contribution is -2.23. The quantitative estimate of drug-likeness (QED) is 0.167. The van der Waals surface area contributed by atoms with Crippen LogP contribution in [0.4, 0.5) is 5.69 Å². The first kappa shape index (κ1) is 29.6. The van der Waals surface area contributed by atoms with Gasteiger partial charge in [-0.3, -0.25) is 19.0 Å². The molecule has 0 amide bonds. The van der Waals surface area contributed by atoms with E-state index in [1.165, 1.54) is 21.5 Å². The lowest BCUT2D eigenvalue weighted by molar-refractivity contribution is 0.0280. The number of sulfonamides is 1. The Labute approximate surface area is 253 Å². The Kier molecular flexibility index (Phi) is 8.33. The number of esters is 1. The van der Waals surface area contributed by atoms with Crippen molar-refractivity contribution in [2.45, 2.75) is 17.9 Å². The van der Waals surface area contributed by atoms with E-state index in [9.17, 15) is 22.8 Å². The number of aromatic nitrogens is 2. The van der Waals surface area contributed by atoms with Crippen molar-refractivity contribution >= 4 is 39.1 Å². The van der Waals surface area contributed by atoms with Gasteiger partial charge < -0.3 is 4.74 Å². The molecule has 43 heavy (non-hydrogen) atoms. The summed E-state index contributed by atoms with van der Waals surface area (Å²) >= 11 is 6.31. The van der Waals surface area contributed by atoms with Gasteiger partial charge in [0, 0.05) is 18.2 Å². The minimum atomic E-state index is -4.37. The second-order valence-electron chi connectivity index (χ2n) is 9.61. The standard InChI is InChI=1S/C32H26ClN3O6S/c1-21-28(31(38)36(35(21)2)24-16-10-5-11-17-24)34-43(40,41)25-18-19-27(33)26(20-25)32(39)42-30(23-14-8-4-9-15-23)29(37)22-12-6-3-7-13-22/h3-20,30,34H,1-2H3. The Balaban J connectivity index is 1.47. The molecule has 9 nitrogen and oxygen atoms in total. The van der Waals surface area contributed by atoms with Crippen LogP contribution in [0.1, 0.15) is 38.1 Å². The van der Waals surface area contributed by atoms with Crippen LogP contribution in [0.2, 0.25) is 5.02 Å². The predicted octanol–water partition coefficient (Wildman–Crippen LogP) is 5.72. The first-order valence-corrected chi connectivity index (χ1v) is 15.0. The van der Waals surface area contributed by atoms with Gasteiger partial charge in [0.1, 0.15) is 5.69 Å². The molecule has 0 fully saturated rings. The maximum absolute atomic E-state index is 13.5. The van der Waals surface area contributed by atoms with Crippen molar-refractivity contribution in [3.63, 3.8) is 0 Å². The Morgan fingerprint density at radius 3 is 2.07 bits per heavy atom. The molecule has 0 aliphatic rings. The molecule has 0 bridgehead atoms. The molecule has 0 aliphatic heterocycles. The van der Waals surface area contributed by atoms with Crippen LogP contribution in [0.15, 0.2) is 119 Å². The van der Waals surface area contributed by atoms with E-state index in [1.807, 2.05) is 0 Å². The summed E-state index contributed by atoms with van der Waals surface area (Å²) in [6.07, 6.45) is -1.31. The van der Waals surface area contributed by atoms with E-state index in [1.54, 1.807) is 105 Å². The summed E-state index contributed by atoms with van der Waals surface area (Å²) in [5, 5.41) is -0.0785. The zero-order chi connectivity index (χ0) is 30.7. The Morgan fingerprint density at radius 1 is 0.860 bits per heavy atom. The van der Waals surface area contributed by atoms with Gasteiger partial charge in [0.15, 0.2) is 6.10 Å². The largest absolute Gasteiger partial charge is 0.445 e. The van der Waals surface area contributed by atoms with Crippen LogP contribution in [0.3, 0.4) is 0 Å². The third kappa shape index (κ3) is 6.01.